The lowest BCUT2D eigenvalue weighted by Gasteiger charge is -2.17. The van der Waals surface area contributed by atoms with Crippen molar-refractivity contribution >= 4 is 15.7 Å². The van der Waals surface area contributed by atoms with Crippen LogP contribution in [0.4, 0.5) is 5.69 Å². The molecule has 16 heavy (non-hydrogen) atoms. The normalized spacial score (nSPS) is 17.4. The van der Waals surface area contributed by atoms with E-state index in [1.165, 1.54) is 4.31 Å². The summed E-state index contributed by atoms with van der Waals surface area (Å²) in [4.78, 5) is 0.193. The third kappa shape index (κ3) is 1.83. The highest BCUT2D eigenvalue weighted by Crippen LogP contribution is 2.24. The van der Waals surface area contributed by atoms with Crippen LogP contribution in [-0.4, -0.2) is 25.8 Å². The summed E-state index contributed by atoms with van der Waals surface area (Å²) < 4.78 is 25.9. The molecule has 1 heterocycles. The lowest BCUT2D eigenvalue weighted by Crippen LogP contribution is -2.29. The molecule has 0 spiro atoms. The van der Waals surface area contributed by atoms with E-state index in [0.717, 1.165) is 5.57 Å². The first kappa shape index (κ1) is 11.2. The van der Waals surface area contributed by atoms with Crippen LogP contribution in [0.3, 0.4) is 0 Å². The van der Waals surface area contributed by atoms with Crippen LogP contribution in [0.15, 0.2) is 40.8 Å². The van der Waals surface area contributed by atoms with Gasteiger partial charge in [0, 0.05) is 13.1 Å². The number of nitrogen functional groups attached to an aromatic ring is 1. The van der Waals surface area contributed by atoms with Gasteiger partial charge < -0.3 is 5.73 Å². The minimum Gasteiger partial charge on any atom is -0.398 e. The van der Waals surface area contributed by atoms with E-state index < -0.39 is 10.0 Å². The average Bonchev–Trinajstić information content (AvgIpc) is 2.66. The van der Waals surface area contributed by atoms with Crippen molar-refractivity contribution in [3.05, 3.63) is 35.9 Å². The second-order valence-electron chi connectivity index (χ2n) is 3.89. The van der Waals surface area contributed by atoms with Crippen LogP contribution in [-0.2, 0) is 10.0 Å². The summed E-state index contributed by atoms with van der Waals surface area (Å²) in [6.45, 7) is 2.81. The second-order valence-corrected chi connectivity index (χ2v) is 5.79. The Morgan fingerprint density at radius 2 is 2.00 bits per heavy atom. The zero-order valence-corrected chi connectivity index (χ0v) is 9.87. The number of nitrogens with zero attached hydrogens (tertiary/aromatic N) is 1. The average molecular weight is 238 g/mol. The molecule has 1 aromatic rings. The first-order valence-electron chi connectivity index (χ1n) is 5.02. The number of nitrogens with two attached hydrogens (primary N) is 1. The van der Waals surface area contributed by atoms with Gasteiger partial charge in [-0.2, -0.15) is 4.31 Å². The predicted octanol–water partition coefficient (Wildman–Crippen LogP) is 1.22. The zero-order valence-electron chi connectivity index (χ0n) is 9.05. The maximum atomic E-state index is 12.2. The summed E-state index contributed by atoms with van der Waals surface area (Å²) in [6.07, 6.45) is 1.91. The third-order valence-electron chi connectivity index (χ3n) is 2.61. The highest BCUT2D eigenvalue weighted by atomic mass is 32.2. The first-order valence-corrected chi connectivity index (χ1v) is 6.46. The second kappa shape index (κ2) is 3.92. The number of para-hydroxylation sites is 1. The molecule has 0 saturated heterocycles. The molecule has 0 bridgehead atoms. The Kier molecular flexibility index (Phi) is 2.73. The van der Waals surface area contributed by atoms with E-state index in [9.17, 15) is 8.42 Å². The molecule has 2 N–H and O–H groups in total. The SMILES string of the molecule is CC1=CCN(S(=O)(=O)c2ccccc2N)C1. The molecule has 0 fully saturated rings. The molecule has 86 valence electrons. The van der Waals surface area contributed by atoms with E-state index in [0.29, 0.717) is 18.8 Å². The van der Waals surface area contributed by atoms with Crippen molar-refractivity contribution in [1.29, 1.82) is 0 Å². The molecule has 0 amide bonds. The van der Waals surface area contributed by atoms with Crippen molar-refractivity contribution in [1.82, 2.24) is 4.31 Å². The summed E-state index contributed by atoms with van der Waals surface area (Å²) >= 11 is 0. The summed E-state index contributed by atoms with van der Waals surface area (Å²) in [7, 11) is -3.45. The number of benzene rings is 1. The van der Waals surface area contributed by atoms with Crippen molar-refractivity contribution in [3.8, 4) is 0 Å². The molecule has 2 rings (SSSR count). The molecular weight excluding hydrogens is 224 g/mol. The van der Waals surface area contributed by atoms with Crippen molar-refractivity contribution in [2.45, 2.75) is 11.8 Å². The minimum atomic E-state index is -3.45. The first-order chi connectivity index (χ1) is 7.51. The van der Waals surface area contributed by atoms with Gasteiger partial charge in [-0.25, -0.2) is 8.42 Å². The van der Waals surface area contributed by atoms with Crippen LogP contribution >= 0.6 is 0 Å². The monoisotopic (exact) mass is 238 g/mol. The van der Waals surface area contributed by atoms with Gasteiger partial charge in [-0.15, -0.1) is 0 Å². The van der Waals surface area contributed by atoms with Gasteiger partial charge in [0.15, 0.2) is 0 Å². The lowest BCUT2D eigenvalue weighted by atomic mass is 10.3. The lowest BCUT2D eigenvalue weighted by molar-refractivity contribution is 0.485. The number of hydrogen-bond donors (Lipinski definition) is 1. The van der Waals surface area contributed by atoms with Gasteiger partial charge in [-0.3, -0.25) is 0 Å². The Morgan fingerprint density at radius 1 is 1.31 bits per heavy atom. The van der Waals surface area contributed by atoms with Crippen molar-refractivity contribution < 1.29 is 8.42 Å². The minimum absolute atomic E-state index is 0.193. The summed E-state index contributed by atoms with van der Waals surface area (Å²) in [5, 5.41) is 0. The highest BCUT2D eigenvalue weighted by molar-refractivity contribution is 7.89. The summed E-state index contributed by atoms with van der Waals surface area (Å²) in [5.74, 6) is 0. The fourth-order valence-corrected chi connectivity index (χ4v) is 3.24. The maximum Gasteiger partial charge on any atom is 0.245 e. The molecule has 0 radical (unpaired) electrons. The summed E-state index contributed by atoms with van der Waals surface area (Å²) in [5.41, 5.74) is 7.05. The van der Waals surface area contributed by atoms with Gasteiger partial charge in [0.1, 0.15) is 4.90 Å². The van der Waals surface area contributed by atoms with Crippen LogP contribution < -0.4 is 5.73 Å². The molecule has 1 aliphatic rings. The van der Waals surface area contributed by atoms with Crippen LogP contribution in [0, 0.1) is 0 Å². The van der Waals surface area contributed by atoms with Crippen molar-refractivity contribution in [3.63, 3.8) is 0 Å². The van der Waals surface area contributed by atoms with E-state index in [-0.39, 0.29) is 4.90 Å². The van der Waals surface area contributed by atoms with E-state index in [1.807, 2.05) is 13.0 Å². The molecule has 0 aromatic heterocycles. The Balaban J connectivity index is 2.38. The predicted molar refractivity (Wildman–Crippen MR) is 63.4 cm³/mol. The van der Waals surface area contributed by atoms with Gasteiger partial charge in [-0.05, 0) is 19.1 Å². The number of sulfonamides is 1. The largest absolute Gasteiger partial charge is 0.398 e. The van der Waals surface area contributed by atoms with Crippen LogP contribution in [0.5, 0.6) is 0 Å². The van der Waals surface area contributed by atoms with Gasteiger partial charge in [-0.1, -0.05) is 23.8 Å². The third-order valence-corrected chi connectivity index (χ3v) is 4.49. The Morgan fingerprint density at radius 3 is 2.56 bits per heavy atom. The van der Waals surface area contributed by atoms with E-state index in [4.69, 9.17) is 5.73 Å². The van der Waals surface area contributed by atoms with Crippen LogP contribution in [0.1, 0.15) is 6.92 Å². The molecule has 4 nitrogen and oxygen atoms in total. The van der Waals surface area contributed by atoms with Crippen LogP contribution in [0.2, 0.25) is 0 Å². The zero-order chi connectivity index (χ0) is 11.8. The van der Waals surface area contributed by atoms with Crippen molar-refractivity contribution in [2.75, 3.05) is 18.8 Å². The molecule has 0 saturated carbocycles. The molecule has 0 aliphatic carbocycles. The van der Waals surface area contributed by atoms with Crippen LogP contribution in [0.25, 0.3) is 0 Å². The molecule has 0 unspecified atom stereocenters. The molecular formula is C11H14N2O2S. The van der Waals surface area contributed by atoms with Gasteiger partial charge in [0.05, 0.1) is 5.69 Å². The smallest absolute Gasteiger partial charge is 0.245 e. The Bertz CT molecular complexity index is 535. The number of hydrogen-bond acceptors (Lipinski definition) is 3. The number of anilines is 1. The van der Waals surface area contributed by atoms with Gasteiger partial charge >= 0.3 is 0 Å². The standard InChI is InChI=1S/C11H14N2O2S/c1-9-6-7-13(8-9)16(14,15)11-5-3-2-4-10(11)12/h2-6H,7-8,12H2,1H3. The molecule has 1 aromatic carbocycles. The van der Waals surface area contributed by atoms with E-state index in [1.54, 1.807) is 24.3 Å². The van der Waals surface area contributed by atoms with Crippen molar-refractivity contribution in [2.24, 2.45) is 0 Å². The Hall–Kier alpha value is -1.33. The van der Waals surface area contributed by atoms with Gasteiger partial charge in [0.25, 0.3) is 0 Å². The molecule has 1 aliphatic heterocycles. The maximum absolute atomic E-state index is 12.2. The topological polar surface area (TPSA) is 63.4 Å². The summed E-state index contributed by atoms with van der Waals surface area (Å²) in [6, 6.07) is 6.54. The fourth-order valence-electron chi connectivity index (χ4n) is 1.70. The highest BCUT2D eigenvalue weighted by Gasteiger charge is 2.28. The molecule has 5 heteroatoms. The van der Waals surface area contributed by atoms with Gasteiger partial charge in [0.2, 0.25) is 10.0 Å². The quantitative estimate of drug-likeness (QED) is 0.622. The number of rotatable bonds is 2. The van der Waals surface area contributed by atoms with E-state index in [2.05, 4.69) is 0 Å². The Labute approximate surface area is 95.4 Å². The molecule has 0 atom stereocenters. The fraction of sp³-hybridized carbons (Fsp3) is 0.273. The van der Waals surface area contributed by atoms with E-state index >= 15 is 0 Å².